The first-order valence-corrected chi connectivity index (χ1v) is 8.05. The molecular weight excluding hydrogens is 246 g/mol. The maximum absolute atomic E-state index is 11.6. The van der Waals surface area contributed by atoms with E-state index in [2.05, 4.69) is 31.2 Å². The highest BCUT2D eigenvalue weighted by Gasteiger charge is 2.26. The Kier molecular flexibility index (Phi) is 9.79. The topological polar surface area (TPSA) is 20.3 Å². The summed E-state index contributed by atoms with van der Waals surface area (Å²) in [6.45, 7) is 13.9. The third kappa shape index (κ3) is 5.36. The van der Waals surface area contributed by atoms with Crippen LogP contribution in [-0.4, -0.2) is 23.9 Å². The average molecular weight is 277 g/mol. The molecule has 1 unspecified atom stereocenters. The van der Waals surface area contributed by atoms with Crippen LogP contribution in [0.1, 0.15) is 64.5 Å². The molecule has 1 atom stereocenters. The van der Waals surface area contributed by atoms with Crippen LogP contribution >= 0.6 is 0 Å². The van der Waals surface area contributed by atoms with Crippen molar-refractivity contribution in [3.63, 3.8) is 0 Å². The van der Waals surface area contributed by atoms with Gasteiger partial charge in [0.2, 0.25) is 5.91 Å². The number of aryl methyl sites for hydroxylation is 1. The minimum absolute atomic E-state index is 0.287. The summed E-state index contributed by atoms with van der Waals surface area (Å²) in [5.41, 5.74) is 2.68. The number of carbonyl (C=O) groups excluding carboxylic acids is 1. The number of carbonyl (C=O) groups is 1. The van der Waals surface area contributed by atoms with E-state index in [9.17, 15) is 4.79 Å². The van der Waals surface area contributed by atoms with E-state index in [4.69, 9.17) is 0 Å². The van der Waals surface area contributed by atoms with Crippen LogP contribution in [-0.2, 0) is 4.79 Å². The largest absolute Gasteiger partial charge is 0.342 e. The van der Waals surface area contributed by atoms with Gasteiger partial charge in [-0.1, -0.05) is 64.4 Å². The van der Waals surface area contributed by atoms with Crippen molar-refractivity contribution in [1.82, 2.24) is 4.90 Å². The van der Waals surface area contributed by atoms with Crippen molar-refractivity contribution in [2.45, 2.75) is 60.3 Å². The molecule has 1 aliphatic heterocycles. The molecule has 114 valence electrons. The molecule has 1 aromatic rings. The number of hydrogen-bond donors (Lipinski definition) is 0. The van der Waals surface area contributed by atoms with Gasteiger partial charge >= 0.3 is 0 Å². The Balaban J connectivity index is 0.000000829. The van der Waals surface area contributed by atoms with Gasteiger partial charge in [-0.05, 0) is 18.9 Å². The van der Waals surface area contributed by atoms with Crippen LogP contribution in [0.25, 0.3) is 0 Å². The van der Waals surface area contributed by atoms with Crippen LogP contribution in [0, 0.1) is 6.92 Å². The third-order valence-corrected chi connectivity index (χ3v) is 3.36. The van der Waals surface area contributed by atoms with Crippen LogP contribution in [0.4, 0.5) is 0 Å². The summed E-state index contributed by atoms with van der Waals surface area (Å²) in [6, 6.07) is 8.64. The number of benzene rings is 1. The Morgan fingerprint density at radius 2 is 1.90 bits per heavy atom. The summed E-state index contributed by atoms with van der Waals surface area (Å²) in [6.07, 6.45) is 1.73. The minimum Gasteiger partial charge on any atom is -0.342 e. The summed E-state index contributed by atoms with van der Waals surface area (Å²) in [5.74, 6) is 0.825. The Morgan fingerprint density at radius 3 is 2.45 bits per heavy atom. The summed E-state index contributed by atoms with van der Waals surface area (Å²) < 4.78 is 0. The lowest BCUT2D eigenvalue weighted by Crippen LogP contribution is -2.27. The molecule has 2 heteroatoms. The molecule has 1 aromatic carbocycles. The Morgan fingerprint density at radius 1 is 1.25 bits per heavy atom. The Bertz CT molecular complexity index is 387. The van der Waals surface area contributed by atoms with Crippen molar-refractivity contribution >= 4 is 5.91 Å². The van der Waals surface area contributed by atoms with E-state index in [1.807, 2.05) is 39.5 Å². The fourth-order valence-corrected chi connectivity index (χ4v) is 2.41. The number of hydrogen-bond acceptors (Lipinski definition) is 1. The second kappa shape index (κ2) is 10.5. The predicted molar refractivity (Wildman–Crippen MR) is 88.1 cm³/mol. The molecule has 0 aromatic heterocycles. The first kappa shape index (κ1) is 18.7. The summed E-state index contributed by atoms with van der Waals surface area (Å²) in [7, 11) is 0. The zero-order valence-corrected chi connectivity index (χ0v) is 14.1. The molecule has 0 spiro atoms. The fourth-order valence-electron chi connectivity index (χ4n) is 2.41. The molecule has 1 aliphatic rings. The number of nitrogens with zero attached hydrogens (tertiary/aromatic N) is 1. The second-order valence-corrected chi connectivity index (χ2v) is 4.59. The zero-order valence-electron chi connectivity index (χ0n) is 14.1. The Hall–Kier alpha value is -1.31. The maximum Gasteiger partial charge on any atom is 0.222 e. The molecular formula is C18H31NO. The molecule has 1 fully saturated rings. The quantitative estimate of drug-likeness (QED) is 0.762. The molecule has 0 N–H and O–H groups in total. The highest BCUT2D eigenvalue weighted by molar-refractivity contribution is 5.76. The molecule has 2 nitrogen and oxygen atoms in total. The summed E-state index contributed by atoms with van der Waals surface area (Å²) >= 11 is 0. The minimum atomic E-state index is 0.287. The van der Waals surface area contributed by atoms with Gasteiger partial charge < -0.3 is 4.90 Å². The molecule has 20 heavy (non-hydrogen) atoms. The highest BCUT2D eigenvalue weighted by atomic mass is 16.2. The van der Waals surface area contributed by atoms with E-state index in [1.165, 1.54) is 11.1 Å². The summed E-state index contributed by atoms with van der Waals surface area (Å²) in [5, 5.41) is 0. The molecule has 0 saturated carbocycles. The standard InChI is InChI=1S/C14H19NO.2C2H6/c1-3-14(16)15-8-7-13(10-15)12-6-4-5-11(2)9-12;2*1-2/h4-6,9,13H,3,7-8,10H2,1-2H3;2*1-2H3. The first-order valence-electron chi connectivity index (χ1n) is 8.05. The maximum atomic E-state index is 11.6. The van der Waals surface area contributed by atoms with Crippen LogP contribution in [0.3, 0.4) is 0 Å². The van der Waals surface area contributed by atoms with Crippen LogP contribution in [0.2, 0.25) is 0 Å². The van der Waals surface area contributed by atoms with Gasteiger partial charge in [-0.3, -0.25) is 4.79 Å². The van der Waals surface area contributed by atoms with E-state index in [0.29, 0.717) is 12.3 Å². The van der Waals surface area contributed by atoms with Crippen molar-refractivity contribution in [3.05, 3.63) is 35.4 Å². The average Bonchev–Trinajstić information content (AvgIpc) is 3.00. The first-order chi connectivity index (χ1) is 9.70. The number of rotatable bonds is 2. The van der Waals surface area contributed by atoms with Crippen molar-refractivity contribution in [2.24, 2.45) is 0 Å². The fraction of sp³-hybridized carbons (Fsp3) is 0.611. The molecule has 0 bridgehead atoms. The van der Waals surface area contributed by atoms with Crippen molar-refractivity contribution < 1.29 is 4.79 Å². The van der Waals surface area contributed by atoms with Gasteiger partial charge in [0.05, 0.1) is 0 Å². The SMILES string of the molecule is CC.CC.CCC(=O)N1CCC(c2cccc(C)c2)C1. The van der Waals surface area contributed by atoms with Crippen molar-refractivity contribution in [2.75, 3.05) is 13.1 Å². The lowest BCUT2D eigenvalue weighted by Gasteiger charge is -2.15. The van der Waals surface area contributed by atoms with Crippen LogP contribution in [0.15, 0.2) is 24.3 Å². The van der Waals surface area contributed by atoms with Gasteiger partial charge in [-0.2, -0.15) is 0 Å². The number of amides is 1. The normalized spacial score (nSPS) is 16.7. The number of likely N-dealkylation sites (tertiary alicyclic amines) is 1. The zero-order chi connectivity index (χ0) is 15.5. The third-order valence-electron chi connectivity index (χ3n) is 3.36. The lowest BCUT2D eigenvalue weighted by atomic mass is 9.97. The van der Waals surface area contributed by atoms with Gasteiger partial charge in [-0.25, -0.2) is 0 Å². The van der Waals surface area contributed by atoms with Gasteiger partial charge in [0, 0.05) is 25.4 Å². The van der Waals surface area contributed by atoms with E-state index in [-0.39, 0.29) is 5.91 Å². The molecule has 1 amide bonds. The molecule has 1 saturated heterocycles. The van der Waals surface area contributed by atoms with E-state index >= 15 is 0 Å². The smallest absolute Gasteiger partial charge is 0.222 e. The Labute approximate surface area is 125 Å². The second-order valence-electron chi connectivity index (χ2n) is 4.59. The monoisotopic (exact) mass is 277 g/mol. The van der Waals surface area contributed by atoms with E-state index in [0.717, 1.165) is 19.5 Å². The van der Waals surface area contributed by atoms with Crippen LogP contribution < -0.4 is 0 Å². The van der Waals surface area contributed by atoms with Gasteiger partial charge in [-0.15, -0.1) is 0 Å². The molecule has 1 heterocycles. The van der Waals surface area contributed by atoms with Crippen molar-refractivity contribution in [3.8, 4) is 0 Å². The van der Waals surface area contributed by atoms with Gasteiger partial charge in [0.25, 0.3) is 0 Å². The van der Waals surface area contributed by atoms with E-state index in [1.54, 1.807) is 0 Å². The van der Waals surface area contributed by atoms with Crippen molar-refractivity contribution in [1.29, 1.82) is 0 Å². The molecule has 0 aliphatic carbocycles. The highest BCUT2D eigenvalue weighted by Crippen LogP contribution is 2.27. The lowest BCUT2D eigenvalue weighted by molar-refractivity contribution is -0.129. The molecule has 2 rings (SSSR count). The summed E-state index contributed by atoms with van der Waals surface area (Å²) in [4.78, 5) is 13.6. The van der Waals surface area contributed by atoms with Crippen LogP contribution in [0.5, 0.6) is 0 Å². The van der Waals surface area contributed by atoms with Gasteiger partial charge in [0.1, 0.15) is 0 Å². The predicted octanol–water partition coefficient (Wildman–Crippen LogP) is 4.77. The molecule has 0 radical (unpaired) electrons. The van der Waals surface area contributed by atoms with E-state index < -0.39 is 0 Å². The van der Waals surface area contributed by atoms with Gasteiger partial charge in [0.15, 0.2) is 0 Å².